The molecule has 6 nitrogen and oxygen atoms in total. The standard InChI is InChI=1S/C11H7BrF3N3O3/c1-21-8-7(12)2-16-10(17-8)18-3-5(9(19)20)6(4-18)11(13,14)15/h2-4H,1H3,(H,19,20). The van der Waals surface area contributed by atoms with Crippen LogP contribution in [0.4, 0.5) is 13.2 Å². The van der Waals surface area contributed by atoms with Crippen LogP contribution in [0.3, 0.4) is 0 Å². The summed E-state index contributed by atoms with van der Waals surface area (Å²) in [4.78, 5) is 18.6. The van der Waals surface area contributed by atoms with Crippen LogP contribution < -0.4 is 4.74 Å². The van der Waals surface area contributed by atoms with Crippen molar-refractivity contribution >= 4 is 21.9 Å². The van der Waals surface area contributed by atoms with Crippen molar-refractivity contribution in [3.63, 3.8) is 0 Å². The van der Waals surface area contributed by atoms with Gasteiger partial charge in [-0.15, -0.1) is 0 Å². The van der Waals surface area contributed by atoms with Gasteiger partial charge in [-0.25, -0.2) is 9.78 Å². The van der Waals surface area contributed by atoms with Gasteiger partial charge in [-0.2, -0.15) is 18.2 Å². The quantitative estimate of drug-likeness (QED) is 0.904. The van der Waals surface area contributed by atoms with Crippen molar-refractivity contribution in [1.82, 2.24) is 14.5 Å². The lowest BCUT2D eigenvalue weighted by molar-refractivity contribution is -0.138. The Morgan fingerprint density at radius 3 is 2.57 bits per heavy atom. The summed E-state index contributed by atoms with van der Waals surface area (Å²) in [7, 11) is 1.33. The maximum absolute atomic E-state index is 12.8. The maximum atomic E-state index is 12.8. The molecule has 0 amide bonds. The molecular formula is C11H7BrF3N3O3. The molecular weight excluding hydrogens is 359 g/mol. The highest BCUT2D eigenvalue weighted by atomic mass is 79.9. The molecule has 0 aliphatic heterocycles. The van der Waals surface area contributed by atoms with Crippen molar-refractivity contribution < 1.29 is 27.8 Å². The molecule has 1 N–H and O–H groups in total. The zero-order chi connectivity index (χ0) is 15.8. The van der Waals surface area contributed by atoms with Crippen LogP contribution in [0, 0.1) is 0 Å². The van der Waals surface area contributed by atoms with Gasteiger partial charge in [-0.1, -0.05) is 0 Å². The molecule has 2 heterocycles. The number of nitrogens with zero attached hydrogens (tertiary/aromatic N) is 3. The third-order valence-corrected chi connectivity index (χ3v) is 3.03. The minimum absolute atomic E-state index is 0.110. The Hall–Kier alpha value is -2.10. The number of rotatable bonds is 3. The fourth-order valence-corrected chi connectivity index (χ4v) is 1.93. The monoisotopic (exact) mass is 365 g/mol. The van der Waals surface area contributed by atoms with Crippen LogP contribution in [-0.4, -0.2) is 32.7 Å². The van der Waals surface area contributed by atoms with Crippen molar-refractivity contribution in [2.45, 2.75) is 6.18 Å². The molecule has 0 aliphatic rings. The Morgan fingerprint density at radius 2 is 2.10 bits per heavy atom. The number of aromatic nitrogens is 3. The molecule has 0 spiro atoms. The van der Waals surface area contributed by atoms with Gasteiger partial charge in [0.05, 0.1) is 28.9 Å². The number of hydrogen-bond acceptors (Lipinski definition) is 4. The molecule has 0 saturated carbocycles. The molecule has 0 aliphatic carbocycles. The van der Waals surface area contributed by atoms with Crippen LogP contribution in [0.5, 0.6) is 5.88 Å². The van der Waals surface area contributed by atoms with E-state index in [9.17, 15) is 18.0 Å². The first kappa shape index (κ1) is 15.3. The molecule has 10 heteroatoms. The number of aromatic carboxylic acids is 1. The number of carboxylic acid groups (broad SMARTS) is 1. The van der Waals surface area contributed by atoms with E-state index in [2.05, 4.69) is 25.9 Å². The van der Waals surface area contributed by atoms with Crippen LogP contribution in [0.25, 0.3) is 5.95 Å². The lowest BCUT2D eigenvalue weighted by Gasteiger charge is -2.05. The summed E-state index contributed by atoms with van der Waals surface area (Å²) < 4.78 is 44.6. The van der Waals surface area contributed by atoms with Gasteiger partial charge in [0.15, 0.2) is 0 Å². The van der Waals surface area contributed by atoms with Gasteiger partial charge in [0, 0.05) is 12.4 Å². The van der Waals surface area contributed by atoms with E-state index >= 15 is 0 Å². The largest absolute Gasteiger partial charge is 0.480 e. The molecule has 0 unspecified atom stereocenters. The van der Waals surface area contributed by atoms with Crippen LogP contribution in [-0.2, 0) is 6.18 Å². The predicted molar refractivity (Wildman–Crippen MR) is 67.6 cm³/mol. The fourth-order valence-electron chi connectivity index (χ4n) is 1.58. The zero-order valence-corrected chi connectivity index (χ0v) is 11.9. The Morgan fingerprint density at radius 1 is 1.43 bits per heavy atom. The maximum Gasteiger partial charge on any atom is 0.418 e. The number of halogens is 4. The van der Waals surface area contributed by atoms with Crippen LogP contribution in [0.1, 0.15) is 15.9 Å². The third kappa shape index (κ3) is 2.99. The summed E-state index contributed by atoms with van der Waals surface area (Å²) >= 11 is 3.10. The summed E-state index contributed by atoms with van der Waals surface area (Å²) in [5, 5.41) is 8.85. The van der Waals surface area contributed by atoms with Gasteiger partial charge < -0.3 is 9.84 Å². The molecule has 0 radical (unpaired) electrons. The Balaban J connectivity index is 2.58. The van der Waals surface area contributed by atoms with Gasteiger partial charge in [-0.05, 0) is 15.9 Å². The highest BCUT2D eigenvalue weighted by molar-refractivity contribution is 9.10. The molecule has 0 bridgehead atoms. The smallest absolute Gasteiger partial charge is 0.418 e. The number of methoxy groups -OCH3 is 1. The summed E-state index contributed by atoms with van der Waals surface area (Å²) in [6.45, 7) is 0. The topological polar surface area (TPSA) is 77.2 Å². The lowest BCUT2D eigenvalue weighted by Crippen LogP contribution is -2.09. The molecule has 2 aromatic rings. The first-order valence-corrected chi connectivity index (χ1v) is 6.12. The SMILES string of the molecule is COc1nc(-n2cc(C(=O)O)c(C(F)(F)F)c2)ncc1Br. The van der Waals surface area contributed by atoms with E-state index in [1.807, 2.05) is 0 Å². The molecule has 0 fully saturated rings. The molecule has 2 rings (SSSR count). The van der Waals surface area contributed by atoms with Crippen molar-refractivity contribution in [3.8, 4) is 11.8 Å². The summed E-state index contributed by atoms with van der Waals surface area (Å²) in [5.74, 6) is -1.72. The van der Waals surface area contributed by atoms with E-state index < -0.39 is 23.3 Å². The van der Waals surface area contributed by atoms with Gasteiger partial charge in [-0.3, -0.25) is 4.57 Å². The minimum atomic E-state index is -4.79. The van der Waals surface area contributed by atoms with E-state index in [4.69, 9.17) is 9.84 Å². The van der Waals surface area contributed by atoms with Crippen LogP contribution in [0.2, 0.25) is 0 Å². The molecule has 0 saturated heterocycles. The first-order chi connectivity index (χ1) is 9.74. The summed E-state index contributed by atoms with van der Waals surface area (Å²) in [6, 6.07) is 0. The second-order valence-corrected chi connectivity index (χ2v) is 4.68. The second-order valence-electron chi connectivity index (χ2n) is 3.82. The molecule has 0 atom stereocenters. The number of hydrogen-bond donors (Lipinski definition) is 1. The minimum Gasteiger partial charge on any atom is -0.480 e. The number of ether oxygens (including phenoxy) is 1. The highest BCUT2D eigenvalue weighted by Gasteiger charge is 2.37. The Bertz CT molecular complexity index is 700. The Kier molecular flexibility index (Phi) is 3.90. The summed E-state index contributed by atoms with van der Waals surface area (Å²) in [5.41, 5.74) is -2.16. The van der Waals surface area contributed by atoms with E-state index in [-0.39, 0.29) is 11.8 Å². The number of alkyl halides is 3. The molecule has 0 aromatic carbocycles. The van der Waals surface area contributed by atoms with Gasteiger partial charge in [0.2, 0.25) is 11.8 Å². The normalized spacial score (nSPS) is 11.5. The van der Waals surface area contributed by atoms with Crippen LogP contribution >= 0.6 is 15.9 Å². The third-order valence-electron chi connectivity index (χ3n) is 2.49. The second kappa shape index (κ2) is 5.35. The van der Waals surface area contributed by atoms with Gasteiger partial charge in [0.1, 0.15) is 0 Å². The van der Waals surface area contributed by atoms with Gasteiger partial charge in [0.25, 0.3) is 0 Å². The van der Waals surface area contributed by atoms with E-state index in [1.165, 1.54) is 13.3 Å². The predicted octanol–water partition coefficient (Wildman–Crippen LogP) is 2.76. The van der Waals surface area contributed by atoms with Crippen molar-refractivity contribution in [2.24, 2.45) is 0 Å². The van der Waals surface area contributed by atoms with Crippen LogP contribution in [0.15, 0.2) is 23.1 Å². The summed E-state index contributed by atoms with van der Waals surface area (Å²) in [6.07, 6.45) is -2.09. The van der Waals surface area contributed by atoms with Crippen molar-refractivity contribution in [2.75, 3.05) is 7.11 Å². The molecule has 21 heavy (non-hydrogen) atoms. The number of carboxylic acids is 1. The molecule has 2 aromatic heterocycles. The van der Waals surface area contributed by atoms with Gasteiger partial charge >= 0.3 is 12.1 Å². The van der Waals surface area contributed by atoms with E-state index in [0.717, 1.165) is 10.8 Å². The van der Waals surface area contributed by atoms with Crippen molar-refractivity contribution in [3.05, 3.63) is 34.2 Å². The van der Waals surface area contributed by atoms with E-state index in [1.54, 1.807) is 0 Å². The van der Waals surface area contributed by atoms with E-state index in [0.29, 0.717) is 10.7 Å². The number of carbonyl (C=O) groups is 1. The lowest BCUT2D eigenvalue weighted by atomic mass is 10.2. The average Bonchev–Trinajstić information content (AvgIpc) is 2.84. The zero-order valence-electron chi connectivity index (χ0n) is 10.3. The first-order valence-electron chi connectivity index (χ1n) is 5.33. The van der Waals surface area contributed by atoms with Crippen molar-refractivity contribution in [1.29, 1.82) is 0 Å². The highest BCUT2D eigenvalue weighted by Crippen LogP contribution is 2.33. The fraction of sp³-hybridized carbons (Fsp3) is 0.182. The Labute approximate surface area is 124 Å². The molecule has 112 valence electrons. The average molecular weight is 366 g/mol.